The fourth-order valence-corrected chi connectivity index (χ4v) is 1.90. The average Bonchev–Trinajstić information content (AvgIpc) is 2.15. The molecular weight excluding hydrogens is 200 g/mol. The lowest BCUT2D eigenvalue weighted by molar-refractivity contribution is -0.120. The van der Waals surface area contributed by atoms with Gasteiger partial charge in [0.1, 0.15) is 0 Å². The first-order valence-electron chi connectivity index (χ1n) is 4.75. The number of hydrogen-bond acceptors (Lipinski definition) is 4. The van der Waals surface area contributed by atoms with Gasteiger partial charge in [-0.15, -0.1) is 0 Å². The lowest BCUT2D eigenvalue weighted by Crippen LogP contribution is -2.49. The van der Waals surface area contributed by atoms with Gasteiger partial charge in [-0.05, 0) is 19.6 Å². The Labute approximate surface area is 89.6 Å². The molecule has 0 heterocycles. The smallest absolute Gasteiger partial charge is 0.234 e. The summed E-state index contributed by atoms with van der Waals surface area (Å²) in [5.41, 5.74) is 5.21. The molecular formula is C9H20N2O2S. The quantitative estimate of drug-likeness (QED) is 0.562. The zero-order valence-electron chi connectivity index (χ0n) is 8.99. The Morgan fingerprint density at radius 1 is 1.64 bits per heavy atom. The van der Waals surface area contributed by atoms with E-state index in [1.807, 2.05) is 20.1 Å². The third kappa shape index (κ3) is 4.30. The summed E-state index contributed by atoms with van der Waals surface area (Å²) in [6.45, 7) is 3.95. The van der Waals surface area contributed by atoms with Gasteiger partial charge < -0.3 is 16.2 Å². The van der Waals surface area contributed by atoms with E-state index in [0.29, 0.717) is 6.42 Å². The summed E-state index contributed by atoms with van der Waals surface area (Å²) in [6, 6.07) is -0.223. The van der Waals surface area contributed by atoms with Gasteiger partial charge in [0.25, 0.3) is 0 Å². The summed E-state index contributed by atoms with van der Waals surface area (Å²) < 4.78 is 0. The van der Waals surface area contributed by atoms with Crippen molar-refractivity contribution in [1.82, 2.24) is 5.32 Å². The van der Waals surface area contributed by atoms with Crippen LogP contribution in [0.25, 0.3) is 0 Å². The minimum Gasteiger partial charge on any atom is -0.395 e. The van der Waals surface area contributed by atoms with Gasteiger partial charge in [0.05, 0.1) is 12.6 Å². The molecule has 0 aromatic rings. The molecule has 84 valence electrons. The topological polar surface area (TPSA) is 75.3 Å². The van der Waals surface area contributed by atoms with Gasteiger partial charge >= 0.3 is 0 Å². The molecule has 0 aliphatic rings. The fourth-order valence-electron chi connectivity index (χ4n) is 1.26. The molecule has 0 rings (SSSR count). The van der Waals surface area contributed by atoms with Crippen LogP contribution in [-0.2, 0) is 4.79 Å². The summed E-state index contributed by atoms with van der Waals surface area (Å²) in [5, 5.41) is 12.3. The second kappa shape index (κ2) is 7.09. The predicted octanol–water partition coefficient (Wildman–Crippen LogP) is -0.0477. The van der Waals surface area contributed by atoms with Crippen LogP contribution in [0.1, 0.15) is 20.3 Å². The van der Waals surface area contributed by atoms with Crippen LogP contribution < -0.4 is 11.1 Å². The average molecular weight is 220 g/mol. The number of aliphatic hydroxyl groups is 1. The van der Waals surface area contributed by atoms with Crippen LogP contribution in [0.2, 0.25) is 0 Å². The maximum absolute atomic E-state index is 11.0. The molecule has 4 N–H and O–H groups in total. The van der Waals surface area contributed by atoms with E-state index in [1.54, 1.807) is 11.8 Å². The highest BCUT2D eigenvalue weighted by molar-refractivity contribution is 7.99. The van der Waals surface area contributed by atoms with E-state index in [-0.39, 0.29) is 29.8 Å². The Morgan fingerprint density at radius 3 is 2.50 bits per heavy atom. The zero-order valence-corrected chi connectivity index (χ0v) is 9.80. The molecule has 0 fully saturated rings. The molecule has 0 radical (unpaired) electrons. The molecule has 3 atom stereocenters. The number of thioether (sulfide) groups is 1. The number of carbonyl (C=O) groups is 1. The van der Waals surface area contributed by atoms with Crippen LogP contribution in [0, 0.1) is 0 Å². The minimum atomic E-state index is -0.336. The first kappa shape index (κ1) is 13.7. The van der Waals surface area contributed by atoms with Crippen molar-refractivity contribution in [1.29, 1.82) is 0 Å². The SMILES string of the molecule is CCC(NC(C)C(CO)SC)C(N)=O. The number of nitrogens with two attached hydrogens (primary N) is 1. The highest BCUT2D eigenvalue weighted by atomic mass is 32.2. The predicted molar refractivity (Wildman–Crippen MR) is 60.3 cm³/mol. The van der Waals surface area contributed by atoms with Gasteiger partial charge in [-0.1, -0.05) is 6.92 Å². The molecule has 0 aromatic carbocycles. The molecule has 1 amide bonds. The van der Waals surface area contributed by atoms with Gasteiger partial charge in [-0.2, -0.15) is 11.8 Å². The van der Waals surface area contributed by atoms with Gasteiger partial charge in [-0.25, -0.2) is 0 Å². The van der Waals surface area contributed by atoms with E-state index in [4.69, 9.17) is 10.8 Å². The monoisotopic (exact) mass is 220 g/mol. The number of carbonyl (C=O) groups excluding carboxylic acids is 1. The summed E-state index contributed by atoms with van der Waals surface area (Å²) >= 11 is 1.58. The lowest BCUT2D eigenvalue weighted by Gasteiger charge is -2.25. The van der Waals surface area contributed by atoms with Gasteiger partial charge in [0, 0.05) is 11.3 Å². The summed E-state index contributed by atoms with van der Waals surface area (Å²) in [4.78, 5) is 11.0. The molecule has 3 unspecified atom stereocenters. The Kier molecular flexibility index (Phi) is 6.96. The Balaban J connectivity index is 4.12. The Bertz CT molecular complexity index is 174. The Morgan fingerprint density at radius 2 is 2.21 bits per heavy atom. The number of amides is 1. The van der Waals surface area contributed by atoms with Crippen LogP contribution in [0.3, 0.4) is 0 Å². The normalized spacial score (nSPS) is 17.4. The van der Waals surface area contributed by atoms with Crippen molar-refractivity contribution in [3.05, 3.63) is 0 Å². The number of nitrogens with one attached hydrogen (secondary N) is 1. The van der Waals surface area contributed by atoms with E-state index in [1.165, 1.54) is 0 Å². The molecule has 0 saturated heterocycles. The maximum Gasteiger partial charge on any atom is 0.234 e. The molecule has 5 heteroatoms. The number of hydrogen-bond donors (Lipinski definition) is 3. The fraction of sp³-hybridized carbons (Fsp3) is 0.889. The molecule has 4 nitrogen and oxygen atoms in total. The van der Waals surface area contributed by atoms with Crippen LogP contribution in [0.5, 0.6) is 0 Å². The summed E-state index contributed by atoms with van der Waals surface area (Å²) in [6.07, 6.45) is 2.61. The first-order chi connectivity index (χ1) is 6.56. The second-order valence-electron chi connectivity index (χ2n) is 3.28. The lowest BCUT2D eigenvalue weighted by atomic mass is 10.1. The van der Waals surface area contributed by atoms with Gasteiger partial charge in [0.2, 0.25) is 5.91 Å². The summed E-state index contributed by atoms with van der Waals surface area (Å²) in [5.74, 6) is -0.336. The number of primary amides is 1. The molecule has 14 heavy (non-hydrogen) atoms. The van der Waals surface area contributed by atoms with Gasteiger partial charge in [0.15, 0.2) is 0 Å². The minimum absolute atomic E-state index is 0.0763. The molecule has 0 saturated carbocycles. The third-order valence-corrected chi connectivity index (χ3v) is 3.42. The second-order valence-corrected chi connectivity index (χ2v) is 4.35. The van der Waals surface area contributed by atoms with Gasteiger partial charge in [-0.3, -0.25) is 4.79 Å². The number of rotatable bonds is 7. The molecule has 0 aliphatic carbocycles. The maximum atomic E-state index is 11.0. The van der Waals surface area contributed by atoms with E-state index < -0.39 is 0 Å². The van der Waals surface area contributed by atoms with Crippen molar-refractivity contribution in [3.8, 4) is 0 Å². The molecule has 0 aromatic heterocycles. The van der Waals surface area contributed by atoms with Crippen molar-refractivity contribution in [2.24, 2.45) is 5.73 Å². The van der Waals surface area contributed by atoms with Crippen molar-refractivity contribution < 1.29 is 9.90 Å². The first-order valence-corrected chi connectivity index (χ1v) is 6.04. The van der Waals surface area contributed by atoms with Crippen LogP contribution in [0.15, 0.2) is 0 Å². The van der Waals surface area contributed by atoms with E-state index in [2.05, 4.69) is 5.32 Å². The molecule has 0 aliphatic heterocycles. The van der Waals surface area contributed by atoms with Crippen molar-refractivity contribution in [3.63, 3.8) is 0 Å². The van der Waals surface area contributed by atoms with Crippen LogP contribution in [-0.4, -0.2) is 41.2 Å². The van der Waals surface area contributed by atoms with E-state index in [9.17, 15) is 4.79 Å². The van der Waals surface area contributed by atoms with Crippen molar-refractivity contribution in [2.45, 2.75) is 37.6 Å². The Hall–Kier alpha value is -0.260. The van der Waals surface area contributed by atoms with Crippen LogP contribution >= 0.6 is 11.8 Å². The number of aliphatic hydroxyl groups excluding tert-OH is 1. The third-order valence-electron chi connectivity index (χ3n) is 2.26. The molecule has 0 spiro atoms. The largest absolute Gasteiger partial charge is 0.395 e. The van der Waals surface area contributed by atoms with Crippen molar-refractivity contribution >= 4 is 17.7 Å². The van der Waals surface area contributed by atoms with Crippen LogP contribution in [0.4, 0.5) is 0 Å². The zero-order chi connectivity index (χ0) is 11.1. The van der Waals surface area contributed by atoms with E-state index in [0.717, 1.165) is 0 Å². The highest BCUT2D eigenvalue weighted by Crippen LogP contribution is 2.11. The highest BCUT2D eigenvalue weighted by Gasteiger charge is 2.20. The standard InChI is InChI=1S/C9H20N2O2S/c1-4-7(9(10)13)11-6(2)8(5-12)14-3/h6-8,11-12H,4-5H2,1-3H3,(H2,10,13). The van der Waals surface area contributed by atoms with Crippen molar-refractivity contribution in [2.75, 3.05) is 12.9 Å². The molecule has 0 bridgehead atoms. The summed E-state index contributed by atoms with van der Waals surface area (Å²) in [7, 11) is 0. The van der Waals surface area contributed by atoms with E-state index >= 15 is 0 Å².